The van der Waals surface area contributed by atoms with Crippen LogP contribution in [0.5, 0.6) is 0 Å². The molecule has 1 nitrogen and oxygen atoms in total. The quantitative estimate of drug-likeness (QED) is 0.285. The van der Waals surface area contributed by atoms with E-state index in [1.807, 2.05) is 0 Å². The first kappa shape index (κ1) is 21.3. The lowest BCUT2D eigenvalue weighted by Crippen LogP contribution is -3.00. The number of halogens is 1. The van der Waals surface area contributed by atoms with Crippen LogP contribution in [0.1, 0.15) is 71.1 Å². The van der Waals surface area contributed by atoms with Crippen molar-refractivity contribution in [3.63, 3.8) is 0 Å². The largest absolute Gasteiger partial charge is 1.00 e. The smallest absolute Gasteiger partial charge is 0.130 e. The van der Waals surface area contributed by atoms with Crippen LogP contribution in [0, 0.1) is 0 Å². The van der Waals surface area contributed by atoms with Gasteiger partial charge in [-0.3, -0.25) is 0 Å². The molecular weight excluding hydrogens is 355 g/mol. The summed E-state index contributed by atoms with van der Waals surface area (Å²) in [5.41, 5.74) is 0. The predicted molar refractivity (Wildman–Crippen MR) is 82.0 cm³/mol. The summed E-state index contributed by atoms with van der Waals surface area (Å²) in [6.45, 7) is 2.65. The first-order valence-corrected chi connectivity index (χ1v) is 9.48. The van der Waals surface area contributed by atoms with E-state index in [1.54, 1.807) is 0 Å². The van der Waals surface area contributed by atoms with Crippen molar-refractivity contribution < 1.29 is 29.1 Å². The molecule has 1 N–H and O–H groups in total. The average molecular weight is 388 g/mol. The van der Waals surface area contributed by atoms with Gasteiger partial charge in [0.1, 0.15) is 11.5 Å². The van der Waals surface area contributed by atoms with Gasteiger partial charge in [-0.2, -0.15) is 0 Å². The molecule has 0 rings (SSSR count). The van der Waals surface area contributed by atoms with Crippen LogP contribution < -0.4 is 24.0 Å². The van der Waals surface area contributed by atoms with E-state index in [1.165, 1.54) is 70.0 Å². The fraction of sp³-hybridized carbons (Fsp3) is 1.00. The lowest BCUT2D eigenvalue weighted by Gasteiger charge is -2.03. The van der Waals surface area contributed by atoms with Crippen LogP contribution in [-0.2, 0) is 10.9 Å². The van der Waals surface area contributed by atoms with Crippen molar-refractivity contribution in [3.8, 4) is 0 Å². The van der Waals surface area contributed by atoms with Gasteiger partial charge in [-0.25, -0.2) is 0 Å². The highest BCUT2D eigenvalue weighted by Crippen LogP contribution is 2.11. The molecule has 0 aliphatic rings. The molecule has 0 bridgehead atoms. The van der Waals surface area contributed by atoms with Gasteiger partial charge in [-0.1, -0.05) is 58.3 Å². The van der Waals surface area contributed by atoms with E-state index in [0.717, 1.165) is 5.75 Å². The Bertz CT molecular complexity index is 144. The van der Waals surface area contributed by atoms with Crippen LogP contribution in [0.15, 0.2) is 0 Å². The number of aliphatic hydroxyl groups is 1. The molecule has 0 heterocycles. The molecule has 112 valence electrons. The highest BCUT2D eigenvalue weighted by molar-refractivity contribution is 7.96. The first-order chi connectivity index (χ1) is 8.31. The van der Waals surface area contributed by atoms with Crippen LogP contribution >= 0.6 is 0 Å². The molecule has 0 aromatic carbocycles. The summed E-state index contributed by atoms with van der Waals surface area (Å²) in [5.74, 6) is 2.34. The minimum absolute atomic E-state index is 0. The molecule has 0 aliphatic carbocycles. The summed E-state index contributed by atoms with van der Waals surface area (Å²) in [4.78, 5) is 0. The summed E-state index contributed by atoms with van der Waals surface area (Å²) in [5, 5.41) is 8.80. The van der Waals surface area contributed by atoms with E-state index in [2.05, 4.69) is 13.2 Å². The Balaban J connectivity index is 0. The summed E-state index contributed by atoms with van der Waals surface area (Å²) in [6.07, 6.45) is 16.5. The molecule has 0 aliphatic heterocycles. The van der Waals surface area contributed by atoms with Gasteiger partial charge in [0.25, 0.3) is 0 Å². The molecule has 0 amide bonds. The number of hydrogen-bond acceptors (Lipinski definition) is 1. The Morgan fingerprint density at radius 1 is 0.722 bits per heavy atom. The standard InChI is InChI=1S/C15H33OS.HI/c1-3-4-5-6-7-8-9-10-11-12-14-17(2)15-13-16;/h16H,3-15H2,1-2H3;1H/q+1;/p-1. The van der Waals surface area contributed by atoms with Gasteiger partial charge in [-0.15, -0.1) is 0 Å². The Hall–Kier alpha value is 1.04. The first-order valence-electron chi connectivity index (χ1n) is 7.51. The van der Waals surface area contributed by atoms with Crippen molar-refractivity contribution in [2.45, 2.75) is 71.1 Å². The molecule has 0 aromatic heterocycles. The normalized spacial score (nSPS) is 12.2. The van der Waals surface area contributed by atoms with Crippen molar-refractivity contribution in [2.75, 3.05) is 24.4 Å². The monoisotopic (exact) mass is 388 g/mol. The van der Waals surface area contributed by atoms with E-state index in [9.17, 15) is 0 Å². The van der Waals surface area contributed by atoms with Crippen molar-refractivity contribution in [2.24, 2.45) is 0 Å². The zero-order chi connectivity index (χ0) is 12.8. The predicted octanol–water partition coefficient (Wildman–Crippen LogP) is 1.15. The van der Waals surface area contributed by atoms with Gasteiger partial charge >= 0.3 is 0 Å². The maximum absolute atomic E-state index is 8.80. The molecular formula is C15H33IOS. The lowest BCUT2D eigenvalue weighted by molar-refractivity contribution is -0.00000500. The molecule has 0 spiro atoms. The van der Waals surface area contributed by atoms with Gasteiger partial charge in [-0.05, 0) is 23.7 Å². The maximum Gasteiger partial charge on any atom is 0.130 e. The molecule has 1 atom stereocenters. The van der Waals surface area contributed by atoms with Crippen molar-refractivity contribution >= 4 is 10.9 Å². The van der Waals surface area contributed by atoms with Crippen molar-refractivity contribution in [1.82, 2.24) is 0 Å². The van der Waals surface area contributed by atoms with E-state index in [0.29, 0.717) is 17.5 Å². The van der Waals surface area contributed by atoms with Gasteiger partial charge in [0, 0.05) is 0 Å². The van der Waals surface area contributed by atoms with E-state index < -0.39 is 0 Å². The van der Waals surface area contributed by atoms with Crippen molar-refractivity contribution in [3.05, 3.63) is 0 Å². The summed E-state index contributed by atoms with van der Waals surface area (Å²) in [7, 11) is 0.467. The van der Waals surface area contributed by atoms with E-state index in [-0.39, 0.29) is 24.0 Å². The number of rotatable bonds is 13. The topological polar surface area (TPSA) is 20.2 Å². The molecule has 3 heteroatoms. The number of aliphatic hydroxyl groups excluding tert-OH is 1. The third-order valence-electron chi connectivity index (χ3n) is 3.29. The van der Waals surface area contributed by atoms with Gasteiger partial charge in [0.05, 0.1) is 12.9 Å². The molecule has 1 unspecified atom stereocenters. The van der Waals surface area contributed by atoms with Gasteiger partial charge < -0.3 is 29.1 Å². The Morgan fingerprint density at radius 3 is 1.61 bits per heavy atom. The Labute approximate surface area is 135 Å². The molecule has 0 fully saturated rings. The zero-order valence-corrected chi connectivity index (χ0v) is 15.4. The highest BCUT2D eigenvalue weighted by Gasteiger charge is 2.08. The molecule has 0 aromatic rings. The molecule has 0 saturated carbocycles. The fourth-order valence-electron chi connectivity index (χ4n) is 2.09. The third-order valence-corrected chi connectivity index (χ3v) is 5.15. The van der Waals surface area contributed by atoms with Crippen LogP contribution in [0.3, 0.4) is 0 Å². The van der Waals surface area contributed by atoms with Crippen LogP contribution in [0.2, 0.25) is 0 Å². The second kappa shape index (κ2) is 18.0. The minimum Gasteiger partial charge on any atom is -1.00 e. The van der Waals surface area contributed by atoms with E-state index in [4.69, 9.17) is 5.11 Å². The summed E-state index contributed by atoms with van der Waals surface area (Å²) < 4.78 is 0. The maximum atomic E-state index is 8.80. The molecule has 0 radical (unpaired) electrons. The summed E-state index contributed by atoms with van der Waals surface area (Å²) >= 11 is 0. The van der Waals surface area contributed by atoms with Crippen molar-refractivity contribution in [1.29, 1.82) is 0 Å². The van der Waals surface area contributed by atoms with Crippen LogP contribution in [0.25, 0.3) is 0 Å². The molecule has 0 saturated heterocycles. The van der Waals surface area contributed by atoms with Gasteiger partial charge in [0.2, 0.25) is 0 Å². The fourth-order valence-corrected chi connectivity index (χ4v) is 3.31. The Kier molecular flexibility index (Phi) is 21.4. The highest BCUT2D eigenvalue weighted by atomic mass is 127. The Morgan fingerprint density at radius 2 is 1.17 bits per heavy atom. The number of hydrogen-bond donors (Lipinski definition) is 1. The third kappa shape index (κ3) is 17.0. The zero-order valence-electron chi connectivity index (χ0n) is 12.4. The van der Waals surface area contributed by atoms with Crippen LogP contribution in [0.4, 0.5) is 0 Å². The molecule has 18 heavy (non-hydrogen) atoms. The minimum atomic E-state index is 0. The number of unbranched alkanes of at least 4 members (excludes halogenated alkanes) is 9. The van der Waals surface area contributed by atoms with Gasteiger partial charge in [0.15, 0.2) is 0 Å². The second-order valence-electron chi connectivity index (χ2n) is 5.10. The SMILES string of the molecule is CCCCCCCCCCCC[S+](C)CCO.[I-]. The van der Waals surface area contributed by atoms with Crippen LogP contribution in [-0.4, -0.2) is 29.5 Å². The second-order valence-corrected chi connectivity index (χ2v) is 7.47. The lowest BCUT2D eigenvalue weighted by atomic mass is 10.1. The van der Waals surface area contributed by atoms with E-state index >= 15 is 0 Å². The summed E-state index contributed by atoms with van der Waals surface area (Å²) in [6, 6.07) is 0. The average Bonchev–Trinajstić information content (AvgIpc) is 2.32.